The molecule has 0 rings (SSSR count). The third-order valence-electron chi connectivity index (χ3n) is 1.10. The predicted octanol–water partition coefficient (Wildman–Crippen LogP) is 1.93. The van der Waals surface area contributed by atoms with E-state index in [9.17, 15) is 4.39 Å². The Kier molecular flexibility index (Phi) is 4.50. The summed E-state index contributed by atoms with van der Waals surface area (Å²) in [4.78, 5) is 0. The SMILES string of the molecule is C=C/C=C(CN)\C(F)=C/C. The van der Waals surface area contributed by atoms with Gasteiger partial charge in [-0.15, -0.1) is 0 Å². The summed E-state index contributed by atoms with van der Waals surface area (Å²) in [7, 11) is 0. The fourth-order valence-corrected chi connectivity index (χ4v) is 0.573. The molecule has 0 bridgehead atoms. The average Bonchev–Trinajstić information content (AvgIpc) is 1.99. The Hall–Kier alpha value is -0.890. The molecule has 0 aromatic rings. The van der Waals surface area contributed by atoms with Crippen molar-refractivity contribution in [3.05, 3.63) is 36.2 Å². The molecule has 0 aliphatic rings. The molecular weight excluding hydrogens is 129 g/mol. The van der Waals surface area contributed by atoms with Crippen LogP contribution in [0.2, 0.25) is 0 Å². The van der Waals surface area contributed by atoms with E-state index in [1.807, 2.05) is 0 Å². The van der Waals surface area contributed by atoms with Gasteiger partial charge in [-0.1, -0.05) is 24.8 Å². The van der Waals surface area contributed by atoms with Gasteiger partial charge in [-0.25, -0.2) is 4.39 Å². The number of hydrogen-bond acceptors (Lipinski definition) is 1. The minimum atomic E-state index is -0.276. The topological polar surface area (TPSA) is 26.0 Å². The van der Waals surface area contributed by atoms with Gasteiger partial charge < -0.3 is 5.73 Å². The molecule has 0 amide bonds. The van der Waals surface area contributed by atoms with Crippen molar-refractivity contribution in [2.24, 2.45) is 5.73 Å². The van der Waals surface area contributed by atoms with Crippen LogP contribution in [-0.2, 0) is 0 Å². The van der Waals surface area contributed by atoms with Gasteiger partial charge in [0.25, 0.3) is 0 Å². The quantitative estimate of drug-likeness (QED) is 0.597. The summed E-state index contributed by atoms with van der Waals surface area (Å²) in [6, 6.07) is 0. The minimum absolute atomic E-state index is 0.211. The average molecular weight is 141 g/mol. The Morgan fingerprint density at radius 1 is 1.70 bits per heavy atom. The zero-order valence-electron chi connectivity index (χ0n) is 6.10. The highest BCUT2D eigenvalue weighted by atomic mass is 19.1. The largest absolute Gasteiger partial charge is 0.326 e. The predicted molar refractivity (Wildman–Crippen MR) is 42.2 cm³/mol. The van der Waals surface area contributed by atoms with Gasteiger partial charge in [0.2, 0.25) is 0 Å². The van der Waals surface area contributed by atoms with Gasteiger partial charge in [-0.3, -0.25) is 0 Å². The molecule has 0 aliphatic carbocycles. The van der Waals surface area contributed by atoms with Gasteiger partial charge in [0, 0.05) is 12.1 Å². The molecule has 2 heteroatoms. The zero-order valence-corrected chi connectivity index (χ0v) is 6.10. The van der Waals surface area contributed by atoms with Crippen LogP contribution < -0.4 is 5.73 Å². The van der Waals surface area contributed by atoms with Crippen molar-refractivity contribution in [1.29, 1.82) is 0 Å². The Morgan fingerprint density at radius 2 is 2.30 bits per heavy atom. The monoisotopic (exact) mass is 141 g/mol. The Labute approximate surface area is 60.7 Å². The number of hydrogen-bond donors (Lipinski definition) is 1. The van der Waals surface area contributed by atoms with Crippen molar-refractivity contribution < 1.29 is 4.39 Å². The van der Waals surface area contributed by atoms with E-state index in [1.165, 1.54) is 12.2 Å². The third kappa shape index (κ3) is 2.60. The van der Waals surface area contributed by atoms with Crippen molar-refractivity contribution in [2.45, 2.75) is 6.92 Å². The van der Waals surface area contributed by atoms with Crippen LogP contribution in [0.3, 0.4) is 0 Å². The normalized spacial score (nSPS) is 13.5. The summed E-state index contributed by atoms with van der Waals surface area (Å²) in [5, 5.41) is 0. The van der Waals surface area contributed by atoms with Crippen LogP contribution in [0.25, 0.3) is 0 Å². The molecule has 0 unspecified atom stereocenters. The number of allylic oxidation sites excluding steroid dienone is 3. The molecule has 0 saturated carbocycles. The van der Waals surface area contributed by atoms with Crippen LogP contribution in [0, 0.1) is 0 Å². The Bertz CT molecular complexity index is 168. The highest BCUT2D eigenvalue weighted by molar-refractivity contribution is 5.28. The molecule has 0 fully saturated rings. The highest BCUT2D eigenvalue weighted by Crippen LogP contribution is 2.08. The first kappa shape index (κ1) is 9.11. The smallest absolute Gasteiger partial charge is 0.123 e. The summed E-state index contributed by atoms with van der Waals surface area (Å²) in [5.41, 5.74) is 5.72. The van der Waals surface area contributed by atoms with E-state index in [0.717, 1.165) is 0 Å². The van der Waals surface area contributed by atoms with Crippen molar-refractivity contribution >= 4 is 0 Å². The molecule has 0 atom stereocenters. The van der Waals surface area contributed by atoms with E-state index in [4.69, 9.17) is 5.73 Å². The second-order valence-corrected chi connectivity index (χ2v) is 1.77. The molecule has 0 aromatic carbocycles. The molecule has 56 valence electrons. The van der Waals surface area contributed by atoms with E-state index >= 15 is 0 Å². The fraction of sp³-hybridized carbons (Fsp3) is 0.250. The van der Waals surface area contributed by atoms with Gasteiger partial charge in [0.1, 0.15) is 5.83 Å². The molecule has 0 radical (unpaired) electrons. The lowest BCUT2D eigenvalue weighted by Gasteiger charge is -1.97. The van der Waals surface area contributed by atoms with Crippen LogP contribution in [-0.4, -0.2) is 6.54 Å². The van der Waals surface area contributed by atoms with Crippen molar-refractivity contribution in [3.8, 4) is 0 Å². The van der Waals surface area contributed by atoms with E-state index < -0.39 is 0 Å². The fourth-order valence-electron chi connectivity index (χ4n) is 0.573. The lowest BCUT2D eigenvalue weighted by Crippen LogP contribution is -2.02. The lowest BCUT2D eigenvalue weighted by atomic mass is 10.2. The number of rotatable bonds is 3. The molecule has 2 N–H and O–H groups in total. The molecule has 0 heterocycles. The molecule has 0 aromatic heterocycles. The van der Waals surface area contributed by atoms with Crippen molar-refractivity contribution in [1.82, 2.24) is 0 Å². The molecule has 10 heavy (non-hydrogen) atoms. The summed E-state index contributed by atoms with van der Waals surface area (Å²) < 4.78 is 12.6. The standard InChI is InChI=1S/C8H12FN/c1-3-5-7(6-10)8(9)4-2/h3-5H,1,6,10H2,2H3/b7-5-,8-4+. The Balaban J connectivity index is 4.35. The minimum Gasteiger partial charge on any atom is -0.326 e. The molecule has 0 spiro atoms. The van der Waals surface area contributed by atoms with E-state index in [0.29, 0.717) is 5.57 Å². The van der Waals surface area contributed by atoms with E-state index in [2.05, 4.69) is 6.58 Å². The van der Waals surface area contributed by atoms with Crippen LogP contribution in [0.15, 0.2) is 36.2 Å². The van der Waals surface area contributed by atoms with Crippen molar-refractivity contribution in [3.63, 3.8) is 0 Å². The van der Waals surface area contributed by atoms with E-state index in [1.54, 1.807) is 13.0 Å². The van der Waals surface area contributed by atoms with Gasteiger partial charge in [-0.2, -0.15) is 0 Å². The van der Waals surface area contributed by atoms with Crippen molar-refractivity contribution in [2.75, 3.05) is 6.54 Å². The van der Waals surface area contributed by atoms with Crippen LogP contribution in [0.5, 0.6) is 0 Å². The number of nitrogens with two attached hydrogens (primary N) is 1. The summed E-state index contributed by atoms with van der Waals surface area (Å²) >= 11 is 0. The molecule has 0 saturated heterocycles. The maximum atomic E-state index is 12.6. The summed E-state index contributed by atoms with van der Waals surface area (Å²) in [6.45, 7) is 5.28. The van der Waals surface area contributed by atoms with Gasteiger partial charge in [0.05, 0.1) is 0 Å². The van der Waals surface area contributed by atoms with Gasteiger partial charge in [0.15, 0.2) is 0 Å². The second-order valence-electron chi connectivity index (χ2n) is 1.77. The lowest BCUT2D eigenvalue weighted by molar-refractivity contribution is 0.644. The number of halogens is 1. The van der Waals surface area contributed by atoms with E-state index in [-0.39, 0.29) is 12.4 Å². The van der Waals surface area contributed by atoms with Gasteiger partial charge >= 0.3 is 0 Å². The van der Waals surface area contributed by atoms with Crippen LogP contribution in [0.4, 0.5) is 4.39 Å². The molecular formula is C8H12FN. The maximum absolute atomic E-state index is 12.6. The van der Waals surface area contributed by atoms with Crippen LogP contribution >= 0.6 is 0 Å². The van der Waals surface area contributed by atoms with Gasteiger partial charge in [-0.05, 0) is 6.92 Å². The first-order valence-electron chi connectivity index (χ1n) is 3.10. The van der Waals surface area contributed by atoms with Crippen LogP contribution in [0.1, 0.15) is 6.92 Å². The summed E-state index contributed by atoms with van der Waals surface area (Å²) in [6.07, 6.45) is 4.46. The first-order chi connectivity index (χ1) is 4.76. The molecule has 1 nitrogen and oxygen atoms in total. The highest BCUT2D eigenvalue weighted by Gasteiger charge is 1.97. The zero-order chi connectivity index (χ0) is 7.98. The first-order valence-corrected chi connectivity index (χ1v) is 3.10. The second kappa shape index (κ2) is 4.94. The Morgan fingerprint density at radius 3 is 2.60 bits per heavy atom. The molecule has 0 aliphatic heterocycles. The third-order valence-corrected chi connectivity index (χ3v) is 1.10. The summed E-state index contributed by atoms with van der Waals surface area (Å²) in [5.74, 6) is -0.276. The maximum Gasteiger partial charge on any atom is 0.123 e.